The van der Waals surface area contributed by atoms with Gasteiger partial charge in [-0.25, -0.2) is 0 Å². The molecule has 0 fully saturated rings. The van der Waals surface area contributed by atoms with Crippen molar-refractivity contribution in [3.8, 4) is 0 Å². The fourth-order valence-electron chi connectivity index (χ4n) is 2.44. The van der Waals surface area contributed by atoms with Crippen molar-refractivity contribution in [2.45, 2.75) is 19.9 Å². The van der Waals surface area contributed by atoms with Crippen LogP contribution in [-0.2, 0) is 17.8 Å². The molecule has 0 bridgehead atoms. The third-order valence-corrected chi connectivity index (χ3v) is 4.38. The molecule has 0 spiro atoms. The van der Waals surface area contributed by atoms with Crippen molar-refractivity contribution in [1.29, 1.82) is 0 Å². The van der Waals surface area contributed by atoms with Crippen LogP contribution >= 0.6 is 23.2 Å². The molecule has 1 N–H and O–H groups in total. The molecule has 0 heterocycles. The standard InChI is InChI=1S/C19H22Cl2N2O/c1-2-23(13-15-6-4-3-5-7-15)14-19(24)22-11-10-16-8-9-17(20)12-18(16)21/h3-9,12H,2,10-11,13-14H2,1H3,(H,22,24). The predicted octanol–water partition coefficient (Wildman–Crippen LogP) is 4.17. The van der Waals surface area contributed by atoms with Crippen LogP contribution in [-0.4, -0.2) is 30.4 Å². The van der Waals surface area contributed by atoms with Crippen LogP contribution in [0.4, 0.5) is 0 Å². The van der Waals surface area contributed by atoms with Gasteiger partial charge in [0, 0.05) is 23.1 Å². The van der Waals surface area contributed by atoms with E-state index in [1.165, 1.54) is 5.56 Å². The Balaban J connectivity index is 1.77. The maximum atomic E-state index is 12.1. The average molecular weight is 365 g/mol. The minimum Gasteiger partial charge on any atom is -0.355 e. The Morgan fingerprint density at radius 2 is 1.88 bits per heavy atom. The van der Waals surface area contributed by atoms with Crippen molar-refractivity contribution in [3.05, 3.63) is 69.7 Å². The van der Waals surface area contributed by atoms with Crippen LogP contribution in [0.25, 0.3) is 0 Å². The fraction of sp³-hybridized carbons (Fsp3) is 0.316. The lowest BCUT2D eigenvalue weighted by atomic mass is 10.1. The summed E-state index contributed by atoms with van der Waals surface area (Å²) in [5, 5.41) is 4.20. The van der Waals surface area contributed by atoms with Gasteiger partial charge in [0.1, 0.15) is 0 Å². The van der Waals surface area contributed by atoms with Crippen LogP contribution in [0.5, 0.6) is 0 Å². The van der Waals surface area contributed by atoms with Gasteiger partial charge in [-0.3, -0.25) is 9.69 Å². The van der Waals surface area contributed by atoms with Gasteiger partial charge in [0.15, 0.2) is 0 Å². The van der Waals surface area contributed by atoms with E-state index in [-0.39, 0.29) is 5.91 Å². The molecule has 0 saturated heterocycles. The number of nitrogens with one attached hydrogen (secondary N) is 1. The first kappa shape index (κ1) is 18.8. The topological polar surface area (TPSA) is 32.3 Å². The van der Waals surface area contributed by atoms with Crippen LogP contribution in [0.2, 0.25) is 10.0 Å². The van der Waals surface area contributed by atoms with Crippen LogP contribution in [0.3, 0.4) is 0 Å². The minimum absolute atomic E-state index is 0.0258. The number of hydrogen-bond donors (Lipinski definition) is 1. The van der Waals surface area contributed by atoms with Crippen molar-refractivity contribution < 1.29 is 4.79 Å². The predicted molar refractivity (Wildman–Crippen MR) is 101 cm³/mol. The zero-order valence-electron chi connectivity index (χ0n) is 13.8. The Kier molecular flexibility index (Phi) is 7.57. The molecule has 2 rings (SSSR count). The van der Waals surface area contributed by atoms with Crippen LogP contribution in [0, 0.1) is 0 Å². The number of carbonyl (C=O) groups excluding carboxylic acids is 1. The van der Waals surface area contributed by atoms with Crippen molar-refractivity contribution in [1.82, 2.24) is 10.2 Å². The van der Waals surface area contributed by atoms with E-state index < -0.39 is 0 Å². The zero-order chi connectivity index (χ0) is 17.4. The third kappa shape index (κ3) is 6.16. The second-order valence-corrected chi connectivity index (χ2v) is 6.47. The van der Waals surface area contributed by atoms with E-state index in [1.807, 2.05) is 30.3 Å². The first-order valence-electron chi connectivity index (χ1n) is 8.05. The van der Waals surface area contributed by atoms with Gasteiger partial charge in [-0.1, -0.05) is 66.5 Å². The van der Waals surface area contributed by atoms with Crippen LogP contribution < -0.4 is 5.32 Å². The molecule has 0 aliphatic rings. The number of amides is 1. The number of carbonyl (C=O) groups is 1. The van der Waals surface area contributed by atoms with Gasteiger partial charge < -0.3 is 5.32 Å². The molecule has 24 heavy (non-hydrogen) atoms. The average Bonchev–Trinajstić information content (AvgIpc) is 2.57. The first-order valence-corrected chi connectivity index (χ1v) is 8.81. The second-order valence-electron chi connectivity index (χ2n) is 5.62. The van der Waals surface area contributed by atoms with Crippen molar-refractivity contribution in [3.63, 3.8) is 0 Å². The van der Waals surface area contributed by atoms with Gasteiger partial charge in [0.05, 0.1) is 6.54 Å². The molecule has 0 radical (unpaired) electrons. The number of halogens is 2. The molecule has 2 aromatic rings. The summed E-state index contributed by atoms with van der Waals surface area (Å²) in [5.74, 6) is 0.0258. The molecular weight excluding hydrogens is 343 g/mol. The Morgan fingerprint density at radius 3 is 2.54 bits per heavy atom. The Bertz CT molecular complexity index is 662. The maximum absolute atomic E-state index is 12.1. The molecule has 2 aromatic carbocycles. The maximum Gasteiger partial charge on any atom is 0.234 e. The highest BCUT2D eigenvalue weighted by molar-refractivity contribution is 6.35. The van der Waals surface area contributed by atoms with E-state index in [0.717, 1.165) is 18.7 Å². The van der Waals surface area contributed by atoms with E-state index >= 15 is 0 Å². The largest absolute Gasteiger partial charge is 0.355 e. The molecule has 0 unspecified atom stereocenters. The Labute approximate surface area is 153 Å². The lowest BCUT2D eigenvalue weighted by Gasteiger charge is -2.20. The summed E-state index contributed by atoms with van der Waals surface area (Å²) in [7, 11) is 0. The summed E-state index contributed by atoms with van der Waals surface area (Å²) in [6, 6.07) is 15.6. The van der Waals surface area contributed by atoms with Crippen LogP contribution in [0.15, 0.2) is 48.5 Å². The highest BCUT2D eigenvalue weighted by Crippen LogP contribution is 2.21. The molecule has 0 saturated carbocycles. The van der Waals surface area contributed by atoms with Crippen molar-refractivity contribution in [2.75, 3.05) is 19.6 Å². The number of hydrogen-bond acceptors (Lipinski definition) is 2. The first-order chi connectivity index (χ1) is 11.6. The van der Waals surface area contributed by atoms with E-state index in [4.69, 9.17) is 23.2 Å². The smallest absolute Gasteiger partial charge is 0.234 e. The van der Waals surface area contributed by atoms with Gasteiger partial charge in [-0.15, -0.1) is 0 Å². The van der Waals surface area contributed by atoms with Gasteiger partial charge in [-0.05, 0) is 36.2 Å². The van der Waals surface area contributed by atoms with Crippen molar-refractivity contribution in [2.24, 2.45) is 0 Å². The van der Waals surface area contributed by atoms with Crippen molar-refractivity contribution >= 4 is 29.1 Å². The molecule has 1 amide bonds. The highest BCUT2D eigenvalue weighted by Gasteiger charge is 2.09. The number of rotatable bonds is 8. The summed E-state index contributed by atoms with van der Waals surface area (Å²) < 4.78 is 0. The summed E-state index contributed by atoms with van der Waals surface area (Å²) >= 11 is 12.0. The number of benzene rings is 2. The van der Waals surface area contributed by atoms with Gasteiger partial charge in [0.25, 0.3) is 0 Å². The highest BCUT2D eigenvalue weighted by atomic mass is 35.5. The molecule has 3 nitrogen and oxygen atoms in total. The molecular formula is C19H22Cl2N2O. The number of nitrogens with zero attached hydrogens (tertiary/aromatic N) is 1. The summed E-state index contributed by atoms with van der Waals surface area (Å²) in [5.41, 5.74) is 2.19. The second kappa shape index (κ2) is 9.67. The van der Waals surface area contributed by atoms with E-state index in [0.29, 0.717) is 29.6 Å². The van der Waals surface area contributed by atoms with Crippen LogP contribution in [0.1, 0.15) is 18.1 Å². The zero-order valence-corrected chi connectivity index (χ0v) is 15.3. The normalized spacial score (nSPS) is 10.8. The van der Waals surface area contributed by atoms with Gasteiger partial charge >= 0.3 is 0 Å². The Hall–Kier alpha value is -1.55. The van der Waals surface area contributed by atoms with E-state index in [1.54, 1.807) is 6.07 Å². The molecule has 0 aliphatic heterocycles. The van der Waals surface area contributed by atoms with E-state index in [9.17, 15) is 4.79 Å². The molecule has 0 atom stereocenters. The summed E-state index contributed by atoms with van der Waals surface area (Å²) in [4.78, 5) is 14.2. The van der Waals surface area contributed by atoms with Gasteiger partial charge in [-0.2, -0.15) is 0 Å². The van der Waals surface area contributed by atoms with E-state index in [2.05, 4.69) is 29.3 Å². The third-order valence-electron chi connectivity index (χ3n) is 3.80. The molecule has 0 aliphatic carbocycles. The lowest BCUT2D eigenvalue weighted by Crippen LogP contribution is -2.37. The summed E-state index contributed by atoms with van der Waals surface area (Å²) in [6.45, 7) is 4.60. The fourth-order valence-corrected chi connectivity index (χ4v) is 2.94. The summed E-state index contributed by atoms with van der Waals surface area (Å²) in [6.07, 6.45) is 0.687. The SMILES string of the molecule is CCN(CC(=O)NCCc1ccc(Cl)cc1Cl)Cc1ccccc1. The Morgan fingerprint density at radius 1 is 1.12 bits per heavy atom. The minimum atomic E-state index is 0.0258. The molecule has 128 valence electrons. The number of likely N-dealkylation sites (N-methyl/N-ethyl adjacent to an activating group) is 1. The lowest BCUT2D eigenvalue weighted by molar-refractivity contribution is -0.122. The quantitative estimate of drug-likeness (QED) is 0.761. The molecule has 0 aromatic heterocycles. The molecule has 5 heteroatoms. The monoisotopic (exact) mass is 364 g/mol. The van der Waals surface area contributed by atoms with Gasteiger partial charge in [0.2, 0.25) is 5.91 Å².